The zero-order valence-electron chi connectivity index (χ0n) is 13.8. The van der Waals surface area contributed by atoms with Gasteiger partial charge in [0.15, 0.2) is 0 Å². The highest BCUT2D eigenvalue weighted by Gasteiger charge is 2.20. The smallest absolute Gasteiger partial charge is 0.255 e. The SMILES string of the molecule is CCN(CC)C(=O)c1ccccc1NC(=O)CC1CCCN1.Cl. The standard InChI is InChI=1S/C17H25N3O2.ClH/c1-3-20(4-2)17(22)14-9-5-6-10-15(14)19-16(21)12-13-8-7-11-18-13;/h5-6,9-10,13,18H,3-4,7-8,11-12H2,1-2H3,(H,19,21);1H. The van der Waals surface area contributed by atoms with Crippen LogP contribution in [0.2, 0.25) is 0 Å². The van der Waals surface area contributed by atoms with Gasteiger partial charge in [-0.05, 0) is 45.4 Å². The minimum Gasteiger partial charge on any atom is -0.339 e. The average Bonchev–Trinajstić information content (AvgIpc) is 3.01. The van der Waals surface area contributed by atoms with E-state index in [9.17, 15) is 9.59 Å². The van der Waals surface area contributed by atoms with Crippen molar-refractivity contribution < 1.29 is 9.59 Å². The van der Waals surface area contributed by atoms with Crippen molar-refractivity contribution >= 4 is 29.9 Å². The van der Waals surface area contributed by atoms with E-state index in [0.717, 1.165) is 19.4 Å². The number of carbonyl (C=O) groups excluding carboxylic acids is 2. The molecule has 2 N–H and O–H groups in total. The molecular weight excluding hydrogens is 314 g/mol. The molecule has 1 unspecified atom stereocenters. The normalized spacial score (nSPS) is 16.5. The van der Waals surface area contributed by atoms with Gasteiger partial charge in [0, 0.05) is 25.6 Å². The molecule has 0 bridgehead atoms. The van der Waals surface area contributed by atoms with Gasteiger partial charge in [0.25, 0.3) is 5.91 Å². The minimum atomic E-state index is -0.0424. The molecule has 1 aromatic carbocycles. The summed E-state index contributed by atoms with van der Waals surface area (Å²) in [5.41, 5.74) is 1.15. The molecule has 6 heteroatoms. The van der Waals surface area contributed by atoms with E-state index in [0.29, 0.717) is 30.8 Å². The summed E-state index contributed by atoms with van der Waals surface area (Å²) < 4.78 is 0. The highest BCUT2D eigenvalue weighted by Crippen LogP contribution is 2.18. The molecule has 1 heterocycles. The van der Waals surface area contributed by atoms with Crippen LogP contribution in [-0.2, 0) is 4.79 Å². The number of benzene rings is 1. The van der Waals surface area contributed by atoms with E-state index in [1.807, 2.05) is 26.0 Å². The maximum atomic E-state index is 12.5. The molecule has 1 atom stereocenters. The van der Waals surface area contributed by atoms with Crippen LogP contribution >= 0.6 is 12.4 Å². The van der Waals surface area contributed by atoms with Crippen molar-refractivity contribution in [2.75, 3.05) is 25.0 Å². The maximum absolute atomic E-state index is 12.5. The van der Waals surface area contributed by atoms with Crippen molar-refractivity contribution in [3.8, 4) is 0 Å². The van der Waals surface area contributed by atoms with Gasteiger partial charge in [-0.2, -0.15) is 0 Å². The van der Waals surface area contributed by atoms with E-state index in [1.165, 1.54) is 0 Å². The number of para-hydroxylation sites is 1. The Kier molecular flexibility index (Phi) is 8.06. The van der Waals surface area contributed by atoms with E-state index in [-0.39, 0.29) is 30.3 Å². The molecule has 1 fully saturated rings. The third kappa shape index (κ3) is 5.22. The molecule has 0 aromatic heterocycles. The Balaban J connectivity index is 0.00000264. The summed E-state index contributed by atoms with van der Waals surface area (Å²) in [5, 5.41) is 6.21. The van der Waals surface area contributed by atoms with Crippen molar-refractivity contribution in [2.24, 2.45) is 0 Å². The van der Waals surface area contributed by atoms with Crippen LogP contribution in [0.1, 0.15) is 43.5 Å². The highest BCUT2D eigenvalue weighted by molar-refractivity contribution is 6.03. The third-order valence-electron chi connectivity index (χ3n) is 4.08. The van der Waals surface area contributed by atoms with Gasteiger partial charge in [-0.25, -0.2) is 0 Å². The molecule has 0 spiro atoms. The number of hydrogen-bond donors (Lipinski definition) is 2. The number of carbonyl (C=O) groups is 2. The predicted molar refractivity (Wildman–Crippen MR) is 95.2 cm³/mol. The Morgan fingerprint density at radius 1 is 1.26 bits per heavy atom. The fourth-order valence-corrected chi connectivity index (χ4v) is 2.82. The second-order valence-corrected chi connectivity index (χ2v) is 5.57. The van der Waals surface area contributed by atoms with Crippen molar-refractivity contribution in [2.45, 2.75) is 39.2 Å². The van der Waals surface area contributed by atoms with E-state index < -0.39 is 0 Å². The second-order valence-electron chi connectivity index (χ2n) is 5.57. The lowest BCUT2D eigenvalue weighted by Crippen LogP contribution is -2.32. The summed E-state index contributed by atoms with van der Waals surface area (Å²) in [6.45, 7) is 6.20. The topological polar surface area (TPSA) is 61.4 Å². The molecule has 0 saturated carbocycles. The zero-order valence-corrected chi connectivity index (χ0v) is 14.6. The average molecular weight is 340 g/mol. The lowest BCUT2D eigenvalue weighted by molar-refractivity contribution is -0.116. The number of anilines is 1. The minimum absolute atomic E-state index is 0. The van der Waals surface area contributed by atoms with Gasteiger partial charge in [-0.3, -0.25) is 9.59 Å². The van der Waals surface area contributed by atoms with Gasteiger partial charge in [0.2, 0.25) is 5.91 Å². The molecule has 1 aliphatic rings. The van der Waals surface area contributed by atoms with Crippen LogP contribution in [0, 0.1) is 0 Å². The van der Waals surface area contributed by atoms with Crippen LogP contribution < -0.4 is 10.6 Å². The molecule has 23 heavy (non-hydrogen) atoms. The van der Waals surface area contributed by atoms with Gasteiger partial charge in [-0.15, -0.1) is 12.4 Å². The summed E-state index contributed by atoms with van der Waals surface area (Å²) in [5.74, 6) is -0.0842. The maximum Gasteiger partial charge on any atom is 0.255 e. The molecule has 0 aliphatic carbocycles. The zero-order chi connectivity index (χ0) is 15.9. The molecule has 2 rings (SSSR count). The summed E-state index contributed by atoms with van der Waals surface area (Å²) in [4.78, 5) is 26.4. The Morgan fingerprint density at radius 3 is 2.57 bits per heavy atom. The molecule has 1 aliphatic heterocycles. The fourth-order valence-electron chi connectivity index (χ4n) is 2.82. The molecule has 1 saturated heterocycles. The third-order valence-corrected chi connectivity index (χ3v) is 4.08. The molecule has 0 radical (unpaired) electrons. The first kappa shape index (κ1) is 19.5. The van der Waals surface area contributed by atoms with Crippen LogP contribution in [0.25, 0.3) is 0 Å². The predicted octanol–water partition coefficient (Wildman–Crippen LogP) is 2.67. The Hall–Kier alpha value is -1.59. The van der Waals surface area contributed by atoms with E-state index in [2.05, 4.69) is 10.6 Å². The summed E-state index contributed by atoms with van der Waals surface area (Å²) in [6, 6.07) is 7.47. The van der Waals surface area contributed by atoms with Crippen molar-refractivity contribution in [1.29, 1.82) is 0 Å². The quantitative estimate of drug-likeness (QED) is 0.837. The van der Waals surface area contributed by atoms with Crippen molar-refractivity contribution in [3.05, 3.63) is 29.8 Å². The number of hydrogen-bond acceptors (Lipinski definition) is 3. The summed E-state index contributed by atoms with van der Waals surface area (Å²) in [6.07, 6.45) is 2.61. The van der Waals surface area contributed by atoms with Gasteiger partial charge in [0.1, 0.15) is 0 Å². The van der Waals surface area contributed by atoms with Gasteiger partial charge in [-0.1, -0.05) is 12.1 Å². The molecule has 128 valence electrons. The van der Waals surface area contributed by atoms with Crippen LogP contribution in [0.15, 0.2) is 24.3 Å². The highest BCUT2D eigenvalue weighted by atomic mass is 35.5. The van der Waals surface area contributed by atoms with E-state index in [1.54, 1.807) is 17.0 Å². The number of halogens is 1. The lowest BCUT2D eigenvalue weighted by Gasteiger charge is -2.20. The van der Waals surface area contributed by atoms with Crippen LogP contribution in [-0.4, -0.2) is 42.4 Å². The van der Waals surface area contributed by atoms with Crippen LogP contribution in [0.5, 0.6) is 0 Å². The Morgan fingerprint density at radius 2 is 1.96 bits per heavy atom. The number of rotatable bonds is 6. The van der Waals surface area contributed by atoms with Crippen molar-refractivity contribution in [1.82, 2.24) is 10.2 Å². The monoisotopic (exact) mass is 339 g/mol. The van der Waals surface area contributed by atoms with E-state index in [4.69, 9.17) is 0 Å². The first-order chi connectivity index (χ1) is 10.7. The summed E-state index contributed by atoms with van der Waals surface area (Å²) >= 11 is 0. The molecule has 5 nitrogen and oxygen atoms in total. The molecule has 1 aromatic rings. The Bertz CT molecular complexity index is 526. The first-order valence-corrected chi connectivity index (χ1v) is 8.07. The lowest BCUT2D eigenvalue weighted by atomic mass is 10.1. The fraction of sp³-hybridized carbons (Fsp3) is 0.529. The van der Waals surface area contributed by atoms with Gasteiger partial charge in [0.05, 0.1) is 11.3 Å². The molecule has 2 amide bonds. The summed E-state index contributed by atoms with van der Waals surface area (Å²) in [7, 11) is 0. The van der Waals surface area contributed by atoms with Crippen LogP contribution in [0.3, 0.4) is 0 Å². The first-order valence-electron chi connectivity index (χ1n) is 8.07. The van der Waals surface area contributed by atoms with Crippen molar-refractivity contribution in [3.63, 3.8) is 0 Å². The molecular formula is C17H26ClN3O2. The van der Waals surface area contributed by atoms with E-state index >= 15 is 0 Å². The Labute approximate surface area is 144 Å². The van der Waals surface area contributed by atoms with Crippen LogP contribution in [0.4, 0.5) is 5.69 Å². The van der Waals surface area contributed by atoms with Gasteiger partial charge < -0.3 is 15.5 Å². The second kappa shape index (κ2) is 9.53. The van der Waals surface area contributed by atoms with Gasteiger partial charge >= 0.3 is 0 Å². The largest absolute Gasteiger partial charge is 0.339 e. The number of nitrogens with one attached hydrogen (secondary N) is 2. The number of nitrogens with zero attached hydrogens (tertiary/aromatic N) is 1. The number of amides is 2.